The van der Waals surface area contributed by atoms with Crippen LogP contribution in [-0.4, -0.2) is 35.0 Å². The van der Waals surface area contributed by atoms with Gasteiger partial charge in [-0.15, -0.1) is 5.10 Å². The molecule has 0 atom stereocenters. The Kier molecular flexibility index (Phi) is 3.51. The van der Waals surface area contributed by atoms with Crippen LogP contribution in [0.2, 0.25) is 0 Å². The number of aryl methyl sites for hydroxylation is 2. The third-order valence-electron chi connectivity index (χ3n) is 4.96. The van der Waals surface area contributed by atoms with Crippen LogP contribution in [0, 0.1) is 12.7 Å². The summed E-state index contributed by atoms with van der Waals surface area (Å²) in [5.74, 6) is 0.199. The molecule has 1 aliphatic carbocycles. The monoisotopic (exact) mass is 377 g/mol. The maximum Gasteiger partial charge on any atom is 0.269 e. The summed E-state index contributed by atoms with van der Waals surface area (Å²) in [5, 5.41) is 4.58. The molecule has 4 aromatic rings. The molecule has 0 spiro atoms. The number of primary amides is 1. The number of halogens is 1. The lowest BCUT2D eigenvalue weighted by atomic mass is 10.2. The van der Waals surface area contributed by atoms with E-state index in [1.807, 2.05) is 10.6 Å². The molecule has 4 aromatic heterocycles. The minimum Gasteiger partial charge on any atom is -0.364 e. The Hall–Kier alpha value is -3.62. The number of carbonyl (C=O) groups is 1. The first kappa shape index (κ1) is 16.5. The van der Waals surface area contributed by atoms with Crippen molar-refractivity contribution in [1.29, 1.82) is 0 Å². The van der Waals surface area contributed by atoms with Crippen LogP contribution in [0.5, 0.6) is 0 Å². The molecule has 8 nitrogen and oxygen atoms in total. The largest absolute Gasteiger partial charge is 0.364 e. The highest BCUT2D eigenvalue weighted by atomic mass is 19.1. The number of nitrogens with zero attached hydrogens (tertiary/aromatic N) is 6. The molecule has 0 aromatic carbocycles. The standard InChI is InChI=1S/C19H16FN7O/c1-10-11(20)5-6-13(23-10)19-24-12-3-2-4-14(12)26(19)17-8-7-16-22-9-15(18(21)28)27(16)25-17/h5-9H,2-4H2,1H3,(H2,21,28). The molecule has 0 fully saturated rings. The van der Waals surface area contributed by atoms with Crippen molar-refractivity contribution >= 4 is 11.6 Å². The number of rotatable bonds is 3. The van der Waals surface area contributed by atoms with Gasteiger partial charge < -0.3 is 5.73 Å². The predicted octanol–water partition coefficient (Wildman–Crippen LogP) is 2.01. The van der Waals surface area contributed by atoms with Gasteiger partial charge in [-0.1, -0.05) is 0 Å². The van der Waals surface area contributed by atoms with Crippen molar-refractivity contribution in [3.8, 4) is 17.3 Å². The zero-order chi connectivity index (χ0) is 19.4. The summed E-state index contributed by atoms with van der Waals surface area (Å²) in [7, 11) is 0. The molecule has 0 aliphatic heterocycles. The number of imidazole rings is 2. The van der Waals surface area contributed by atoms with Crippen molar-refractivity contribution in [3.63, 3.8) is 0 Å². The second kappa shape index (κ2) is 5.95. The Bertz CT molecular complexity index is 1260. The van der Waals surface area contributed by atoms with Crippen LogP contribution < -0.4 is 5.73 Å². The highest BCUT2D eigenvalue weighted by molar-refractivity contribution is 5.91. The van der Waals surface area contributed by atoms with E-state index in [0.717, 1.165) is 30.7 Å². The van der Waals surface area contributed by atoms with E-state index in [2.05, 4.69) is 15.1 Å². The van der Waals surface area contributed by atoms with E-state index in [9.17, 15) is 9.18 Å². The third-order valence-corrected chi connectivity index (χ3v) is 4.96. The zero-order valence-corrected chi connectivity index (χ0v) is 15.1. The lowest BCUT2D eigenvalue weighted by Gasteiger charge is -2.11. The average molecular weight is 377 g/mol. The fourth-order valence-corrected chi connectivity index (χ4v) is 3.62. The summed E-state index contributed by atoms with van der Waals surface area (Å²) in [5.41, 5.74) is 9.06. The van der Waals surface area contributed by atoms with E-state index in [4.69, 9.17) is 10.7 Å². The van der Waals surface area contributed by atoms with Crippen LogP contribution in [0.25, 0.3) is 23.0 Å². The molecular weight excluding hydrogens is 361 g/mol. The SMILES string of the molecule is Cc1nc(-c2nc3c(n2-c2ccc4ncc(C(N)=O)n4n2)CCC3)ccc1F. The summed E-state index contributed by atoms with van der Waals surface area (Å²) in [6.45, 7) is 1.62. The Morgan fingerprint density at radius 1 is 1.18 bits per heavy atom. The highest BCUT2D eigenvalue weighted by Gasteiger charge is 2.25. The van der Waals surface area contributed by atoms with Gasteiger partial charge in [0.25, 0.3) is 5.91 Å². The van der Waals surface area contributed by atoms with Gasteiger partial charge in [-0.25, -0.2) is 23.9 Å². The Balaban J connectivity index is 1.75. The minimum atomic E-state index is -0.607. The van der Waals surface area contributed by atoms with Crippen molar-refractivity contribution in [2.75, 3.05) is 0 Å². The number of nitrogens with two attached hydrogens (primary N) is 1. The first-order chi connectivity index (χ1) is 13.5. The molecule has 1 aliphatic rings. The quantitative estimate of drug-likeness (QED) is 0.588. The van der Waals surface area contributed by atoms with Gasteiger partial charge in [-0.3, -0.25) is 9.36 Å². The van der Waals surface area contributed by atoms with Crippen LogP contribution >= 0.6 is 0 Å². The molecule has 0 unspecified atom stereocenters. The maximum absolute atomic E-state index is 13.7. The second-order valence-corrected chi connectivity index (χ2v) is 6.75. The molecule has 5 rings (SSSR count). The highest BCUT2D eigenvalue weighted by Crippen LogP contribution is 2.30. The van der Waals surface area contributed by atoms with Gasteiger partial charge in [0, 0.05) is 5.69 Å². The Morgan fingerprint density at radius 3 is 2.82 bits per heavy atom. The van der Waals surface area contributed by atoms with Gasteiger partial charge in [0.2, 0.25) is 0 Å². The van der Waals surface area contributed by atoms with Gasteiger partial charge in [0.05, 0.1) is 17.6 Å². The predicted molar refractivity (Wildman–Crippen MR) is 98.6 cm³/mol. The van der Waals surface area contributed by atoms with Gasteiger partial charge >= 0.3 is 0 Å². The van der Waals surface area contributed by atoms with Gasteiger partial charge in [-0.05, 0) is 50.5 Å². The van der Waals surface area contributed by atoms with Crippen molar-refractivity contribution in [1.82, 2.24) is 29.1 Å². The minimum absolute atomic E-state index is 0.200. The topological polar surface area (TPSA) is 104 Å². The van der Waals surface area contributed by atoms with Crippen molar-refractivity contribution in [2.24, 2.45) is 5.73 Å². The average Bonchev–Trinajstić information content (AvgIpc) is 3.36. The molecule has 28 heavy (non-hydrogen) atoms. The van der Waals surface area contributed by atoms with Crippen molar-refractivity contribution < 1.29 is 9.18 Å². The summed E-state index contributed by atoms with van der Waals surface area (Å²) in [6.07, 6.45) is 4.14. The molecular formula is C19H16FN7O. The van der Waals surface area contributed by atoms with Crippen LogP contribution in [0.1, 0.15) is 34.0 Å². The number of hydrogen-bond donors (Lipinski definition) is 1. The van der Waals surface area contributed by atoms with E-state index in [1.165, 1.54) is 16.8 Å². The molecule has 0 saturated carbocycles. The normalized spacial score (nSPS) is 13.2. The van der Waals surface area contributed by atoms with Crippen molar-refractivity contribution in [2.45, 2.75) is 26.2 Å². The van der Waals surface area contributed by atoms with Crippen LogP contribution in [0.3, 0.4) is 0 Å². The van der Waals surface area contributed by atoms with E-state index in [1.54, 1.807) is 19.1 Å². The number of fused-ring (bicyclic) bond motifs is 2. The summed E-state index contributed by atoms with van der Waals surface area (Å²) in [6, 6.07) is 6.58. The molecule has 140 valence electrons. The van der Waals surface area contributed by atoms with Crippen LogP contribution in [0.15, 0.2) is 30.5 Å². The number of pyridine rings is 1. The third kappa shape index (κ3) is 2.39. The fourth-order valence-electron chi connectivity index (χ4n) is 3.62. The van der Waals surface area contributed by atoms with Crippen LogP contribution in [-0.2, 0) is 12.8 Å². The number of hydrogen-bond acceptors (Lipinski definition) is 5. The van der Waals surface area contributed by atoms with E-state index in [0.29, 0.717) is 28.7 Å². The summed E-state index contributed by atoms with van der Waals surface area (Å²) >= 11 is 0. The van der Waals surface area contributed by atoms with Gasteiger partial charge in [-0.2, -0.15) is 0 Å². The first-order valence-electron chi connectivity index (χ1n) is 8.92. The second-order valence-electron chi connectivity index (χ2n) is 6.75. The molecule has 9 heteroatoms. The maximum atomic E-state index is 13.7. The summed E-state index contributed by atoms with van der Waals surface area (Å²) < 4.78 is 17.0. The smallest absolute Gasteiger partial charge is 0.269 e. The van der Waals surface area contributed by atoms with E-state index in [-0.39, 0.29) is 11.5 Å². The lowest BCUT2D eigenvalue weighted by Crippen LogP contribution is -2.16. The zero-order valence-electron chi connectivity index (χ0n) is 15.1. The van der Waals surface area contributed by atoms with E-state index < -0.39 is 5.91 Å². The molecule has 0 radical (unpaired) electrons. The number of aromatic nitrogens is 6. The molecule has 0 bridgehead atoms. The van der Waals surface area contributed by atoms with Crippen molar-refractivity contribution in [3.05, 3.63) is 59.1 Å². The Morgan fingerprint density at radius 2 is 2.04 bits per heavy atom. The van der Waals surface area contributed by atoms with E-state index >= 15 is 0 Å². The number of amides is 1. The first-order valence-corrected chi connectivity index (χ1v) is 8.92. The molecule has 4 heterocycles. The van der Waals surface area contributed by atoms with Gasteiger partial charge in [0.15, 0.2) is 17.3 Å². The van der Waals surface area contributed by atoms with Gasteiger partial charge in [0.1, 0.15) is 17.2 Å². The molecule has 0 saturated heterocycles. The lowest BCUT2D eigenvalue weighted by molar-refractivity contribution is 0.0993. The summed E-state index contributed by atoms with van der Waals surface area (Å²) in [4.78, 5) is 24.9. The fraction of sp³-hybridized carbons (Fsp3) is 0.211. The van der Waals surface area contributed by atoms with Crippen LogP contribution in [0.4, 0.5) is 4.39 Å². The molecule has 2 N–H and O–H groups in total. The molecule has 1 amide bonds. The Labute approximate surface area is 158 Å². The number of carbonyl (C=O) groups excluding carboxylic acids is 1.